The van der Waals surface area contributed by atoms with Crippen molar-refractivity contribution in [3.63, 3.8) is 0 Å². The van der Waals surface area contributed by atoms with Gasteiger partial charge in [-0.15, -0.1) is 11.3 Å². The Hall–Kier alpha value is -1.78. The molecule has 3 atom stereocenters. The molecule has 5 rings (SSSR count). The Kier molecular flexibility index (Phi) is 5.42. The van der Waals surface area contributed by atoms with E-state index in [-0.39, 0.29) is 22.9 Å². The number of likely N-dealkylation sites (tertiary alicyclic amines) is 1. The van der Waals surface area contributed by atoms with Crippen LogP contribution in [0.1, 0.15) is 51.1 Å². The van der Waals surface area contributed by atoms with Crippen LogP contribution in [-0.4, -0.2) is 63.5 Å². The average molecular weight is 464 g/mol. The molecule has 2 aromatic heterocycles. The molecule has 8 nitrogen and oxygen atoms in total. The van der Waals surface area contributed by atoms with Gasteiger partial charge in [-0.1, -0.05) is 6.92 Å². The summed E-state index contributed by atoms with van der Waals surface area (Å²) in [5.74, 6) is 0.118. The van der Waals surface area contributed by atoms with E-state index in [9.17, 15) is 13.2 Å². The van der Waals surface area contributed by atoms with E-state index in [2.05, 4.69) is 10.1 Å². The van der Waals surface area contributed by atoms with Gasteiger partial charge in [0.05, 0.1) is 22.8 Å². The summed E-state index contributed by atoms with van der Waals surface area (Å²) in [7, 11) is -3.72. The van der Waals surface area contributed by atoms with Crippen molar-refractivity contribution < 1.29 is 13.2 Å². The molecule has 5 heterocycles. The van der Waals surface area contributed by atoms with Crippen LogP contribution in [0, 0.1) is 5.41 Å². The molecule has 0 radical (unpaired) electrons. The monoisotopic (exact) mass is 463 g/mol. The number of sulfonamides is 1. The number of amides is 1. The highest BCUT2D eigenvalue weighted by atomic mass is 32.2. The van der Waals surface area contributed by atoms with Gasteiger partial charge in [0.1, 0.15) is 4.90 Å². The molecule has 168 valence electrons. The maximum Gasteiger partial charge on any atom is 0.246 e. The van der Waals surface area contributed by atoms with Crippen LogP contribution >= 0.6 is 11.3 Å². The highest BCUT2D eigenvalue weighted by molar-refractivity contribution is 7.89. The first kappa shape index (κ1) is 21.1. The van der Waals surface area contributed by atoms with Gasteiger partial charge in [0.2, 0.25) is 15.9 Å². The van der Waals surface area contributed by atoms with Gasteiger partial charge in [-0.25, -0.2) is 13.4 Å². The average Bonchev–Trinajstić information content (AvgIpc) is 3.56. The van der Waals surface area contributed by atoms with Crippen LogP contribution in [0.5, 0.6) is 0 Å². The van der Waals surface area contributed by atoms with Crippen molar-refractivity contribution in [2.24, 2.45) is 5.41 Å². The van der Waals surface area contributed by atoms with E-state index in [4.69, 9.17) is 0 Å². The first-order valence-electron chi connectivity index (χ1n) is 11.2. The van der Waals surface area contributed by atoms with Crippen molar-refractivity contribution in [2.45, 2.75) is 75.4 Å². The molecule has 3 saturated heterocycles. The van der Waals surface area contributed by atoms with Crippen LogP contribution in [0.3, 0.4) is 0 Å². The molecule has 31 heavy (non-hydrogen) atoms. The highest BCUT2D eigenvalue weighted by Gasteiger charge is 2.64. The number of carbonyl (C=O) groups is 1. The Bertz CT molecular complexity index is 1050. The van der Waals surface area contributed by atoms with Gasteiger partial charge >= 0.3 is 0 Å². The van der Waals surface area contributed by atoms with E-state index in [1.165, 1.54) is 17.5 Å². The summed E-state index contributed by atoms with van der Waals surface area (Å²) in [5.41, 5.74) is 1.94. The minimum absolute atomic E-state index is 0.118. The minimum Gasteiger partial charge on any atom is -0.342 e. The van der Waals surface area contributed by atoms with E-state index in [1.54, 1.807) is 20.7 Å². The van der Waals surface area contributed by atoms with Gasteiger partial charge in [-0.2, -0.15) is 9.40 Å². The number of fused-ring (bicyclic) bond motifs is 2. The molecular weight excluding hydrogens is 434 g/mol. The van der Waals surface area contributed by atoms with E-state index < -0.39 is 15.4 Å². The Morgan fingerprint density at radius 2 is 2.10 bits per heavy atom. The zero-order chi connectivity index (χ0) is 21.6. The largest absolute Gasteiger partial charge is 0.342 e. The molecule has 2 aromatic rings. The number of rotatable bonds is 7. The molecule has 0 N–H and O–H groups in total. The molecular formula is C21H29N5O3S2. The smallest absolute Gasteiger partial charge is 0.246 e. The molecule has 1 amide bonds. The van der Waals surface area contributed by atoms with E-state index >= 15 is 0 Å². The second kappa shape index (κ2) is 7.97. The number of aromatic nitrogens is 3. The van der Waals surface area contributed by atoms with Gasteiger partial charge in [-0.3, -0.25) is 9.48 Å². The van der Waals surface area contributed by atoms with Crippen LogP contribution in [0.15, 0.2) is 28.2 Å². The molecule has 3 fully saturated rings. The third kappa shape index (κ3) is 3.43. The fourth-order valence-electron chi connectivity index (χ4n) is 5.82. The number of aryl methyl sites for hydroxylation is 1. The predicted molar refractivity (Wildman–Crippen MR) is 117 cm³/mol. The van der Waals surface area contributed by atoms with Crippen LogP contribution < -0.4 is 0 Å². The Morgan fingerprint density at radius 3 is 2.81 bits per heavy atom. The van der Waals surface area contributed by atoms with E-state index in [0.717, 1.165) is 50.9 Å². The summed E-state index contributed by atoms with van der Waals surface area (Å²) in [6, 6.07) is -0.471. The molecule has 0 aliphatic carbocycles. The molecule has 3 aliphatic rings. The SMILES string of the molecule is CCCn1cc(S(=O)(=O)N2[C@@H]3CC[C@H]2[C@@](Cc2cscn2)(C(=O)N2CCCC2)C3)cn1. The number of hydrogen-bond donors (Lipinski definition) is 0. The summed E-state index contributed by atoms with van der Waals surface area (Å²) >= 11 is 1.52. The Morgan fingerprint density at radius 1 is 1.29 bits per heavy atom. The maximum absolute atomic E-state index is 13.8. The summed E-state index contributed by atoms with van der Waals surface area (Å²) in [4.78, 5) is 20.5. The lowest BCUT2D eigenvalue weighted by molar-refractivity contribution is -0.142. The number of thiazole rings is 1. The van der Waals surface area contributed by atoms with Gasteiger partial charge in [0.15, 0.2) is 0 Å². The lowest BCUT2D eigenvalue weighted by Gasteiger charge is -2.38. The lowest BCUT2D eigenvalue weighted by Crippen LogP contribution is -2.52. The molecule has 10 heteroatoms. The number of carbonyl (C=O) groups excluding carboxylic acids is 1. The summed E-state index contributed by atoms with van der Waals surface area (Å²) in [5, 5.41) is 6.22. The Balaban J connectivity index is 1.51. The first-order valence-corrected chi connectivity index (χ1v) is 13.6. The number of hydrogen-bond acceptors (Lipinski definition) is 6. The molecule has 0 unspecified atom stereocenters. The van der Waals surface area contributed by atoms with Crippen molar-refractivity contribution >= 4 is 27.3 Å². The van der Waals surface area contributed by atoms with Gasteiger partial charge in [-0.05, 0) is 38.5 Å². The molecule has 0 aromatic carbocycles. The standard InChI is InChI=1S/C21H29N5O3S2/c1-2-7-25-13-18(12-23-25)31(28,29)26-17-5-6-19(26)21(11-17,10-16-14-30-15-22-16)20(27)24-8-3-4-9-24/h12-15,17,19H,2-11H2,1H3/t17-,19+,21+/m1/s1. The molecule has 0 saturated carbocycles. The zero-order valence-electron chi connectivity index (χ0n) is 17.8. The fraction of sp³-hybridized carbons (Fsp3) is 0.667. The Labute approximate surface area is 187 Å². The number of nitrogens with zero attached hydrogens (tertiary/aromatic N) is 5. The second-order valence-corrected chi connectivity index (χ2v) is 11.6. The lowest BCUT2D eigenvalue weighted by atomic mass is 9.70. The summed E-state index contributed by atoms with van der Waals surface area (Å²) in [6.45, 7) is 4.26. The van der Waals surface area contributed by atoms with Gasteiger partial charge in [0, 0.05) is 49.7 Å². The minimum atomic E-state index is -3.72. The van der Waals surface area contributed by atoms with Crippen molar-refractivity contribution in [2.75, 3.05) is 13.1 Å². The quantitative estimate of drug-likeness (QED) is 0.630. The van der Waals surface area contributed by atoms with Gasteiger partial charge in [0.25, 0.3) is 0 Å². The maximum atomic E-state index is 13.8. The molecule has 0 spiro atoms. The topological polar surface area (TPSA) is 88.4 Å². The van der Waals surface area contributed by atoms with Crippen molar-refractivity contribution in [3.05, 3.63) is 29.0 Å². The normalized spacial score (nSPS) is 28.6. The van der Waals surface area contributed by atoms with Crippen molar-refractivity contribution in [1.82, 2.24) is 24.0 Å². The van der Waals surface area contributed by atoms with Crippen molar-refractivity contribution in [3.8, 4) is 0 Å². The fourth-order valence-corrected chi connectivity index (χ4v) is 8.27. The third-order valence-electron chi connectivity index (χ3n) is 7.12. The molecule has 3 aliphatic heterocycles. The summed E-state index contributed by atoms with van der Waals surface area (Å²) in [6.07, 6.45) is 8.61. The summed E-state index contributed by atoms with van der Waals surface area (Å²) < 4.78 is 30.7. The predicted octanol–water partition coefficient (Wildman–Crippen LogP) is 2.53. The highest BCUT2D eigenvalue weighted by Crippen LogP contribution is 2.54. The second-order valence-electron chi connectivity index (χ2n) is 9.04. The van der Waals surface area contributed by atoms with E-state index in [0.29, 0.717) is 19.4 Å². The van der Waals surface area contributed by atoms with Crippen LogP contribution in [-0.2, 0) is 27.8 Å². The van der Waals surface area contributed by atoms with Crippen LogP contribution in [0.2, 0.25) is 0 Å². The first-order chi connectivity index (χ1) is 15.0. The third-order valence-corrected chi connectivity index (χ3v) is 9.66. The molecule has 2 bridgehead atoms. The van der Waals surface area contributed by atoms with E-state index in [1.807, 2.05) is 17.2 Å². The van der Waals surface area contributed by atoms with Crippen LogP contribution in [0.4, 0.5) is 0 Å². The van der Waals surface area contributed by atoms with Gasteiger partial charge < -0.3 is 4.90 Å². The zero-order valence-corrected chi connectivity index (χ0v) is 19.4. The van der Waals surface area contributed by atoms with Crippen molar-refractivity contribution in [1.29, 1.82) is 0 Å². The van der Waals surface area contributed by atoms with Crippen LogP contribution in [0.25, 0.3) is 0 Å².